The highest BCUT2D eigenvalue weighted by Gasteiger charge is 2.26. The van der Waals surface area contributed by atoms with E-state index in [4.69, 9.17) is 5.21 Å². The molecule has 1 rings (SSSR count). The summed E-state index contributed by atoms with van der Waals surface area (Å²) in [4.78, 5) is 10.7. The molecule has 1 aliphatic heterocycles. The van der Waals surface area contributed by atoms with E-state index in [0.29, 0.717) is 6.54 Å². The summed E-state index contributed by atoms with van der Waals surface area (Å²) in [5.74, 6) is 0.0648. The van der Waals surface area contributed by atoms with Gasteiger partial charge in [0.2, 0.25) is 0 Å². The smallest absolute Gasteiger partial charge is 0.149 e. The Kier molecular flexibility index (Phi) is 1.83. The standard InChI is InChI=1S/C6H11NO2/c1-5(8)6-3-2-4-7(6)9/h6,9H,2-4H2,1H3/t6-/m0/s1. The van der Waals surface area contributed by atoms with Crippen molar-refractivity contribution in [3.05, 3.63) is 0 Å². The zero-order chi connectivity index (χ0) is 6.85. The minimum atomic E-state index is -0.218. The molecule has 1 saturated heterocycles. The molecule has 0 bridgehead atoms. The van der Waals surface area contributed by atoms with Crippen LogP contribution in [0, 0.1) is 0 Å². The van der Waals surface area contributed by atoms with E-state index in [1.54, 1.807) is 0 Å². The van der Waals surface area contributed by atoms with Crippen LogP contribution in [0.1, 0.15) is 19.8 Å². The Labute approximate surface area is 54.2 Å². The van der Waals surface area contributed by atoms with Crippen LogP contribution in [0.25, 0.3) is 0 Å². The van der Waals surface area contributed by atoms with Gasteiger partial charge in [-0.1, -0.05) is 0 Å². The van der Waals surface area contributed by atoms with Crippen molar-refractivity contribution in [3.8, 4) is 0 Å². The number of hydrogen-bond donors (Lipinski definition) is 1. The molecule has 52 valence electrons. The average Bonchev–Trinajstić information content (AvgIpc) is 2.13. The van der Waals surface area contributed by atoms with Gasteiger partial charge < -0.3 is 5.21 Å². The fourth-order valence-electron chi connectivity index (χ4n) is 1.16. The van der Waals surface area contributed by atoms with E-state index in [9.17, 15) is 4.79 Å². The van der Waals surface area contributed by atoms with E-state index in [1.165, 1.54) is 6.92 Å². The van der Waals surface area contributed by atoms with Gasteiger partial charge in [0.05, 0.1) is 6.04 Å². The molecular formula is C6H11NO2. The third-order valence-electron chi connectivity index (χ3n) is 1.69. The minimum absolute atomic E-state index is 0.0648. The monoisotopic (exact) mass is 129 g/mol. The van der Waals surface area contributed by atoms with Gasteiger partial charge in [-0.15, -0.1) is 0 Å². The van der Waals surface area contributed by atoms with Crippen molar-refractivity contribution in [1.29, 1.82) is 0 Å². The van der Waals surface area contributed by atoms with Crippen LogP contribution in [-0.2, 0) is 4.79 Å². The van der Waals surface area contributed by atoms with Crippen LogP contribution in [0.4, 0.5) is 0 Å². The summed E-state index contributed by atoms with van der Waals surface area (Å²) in [6.45, 7) is 2.16. The summed E-state index contributed by atoms with van der Waals surface area (Å²) in [7, 11) is 0. The van der Waals surface area contributed by atoms with Crippen LogP contribution in [0.15, 0.2) is 0 Å². The molecule has 0 aromatic heterocycles. The molecule has 0 aromatic rings. The normalized spacial score (nSPS) is 28.9. The molecule has 9 heavy (non-hydrogen) atoms. The highest BCUT2D eigenvalue weighted by molar-refractivity contribution is 5.81. The van der Waals surface area contributed by atoms with E-state index in [0.717, 1.165) is 17.9 Å². The van der Waals surface area contributed by atoms with E-state index in [2.05, 4.69) is 0 Å². The van der Waals surface area contributed by atoms with Gasteiger partial charge in [-0.3, -0.25) is 4.79 Å². The van der Waals surface area contributed by atoms with E-state index >= 15 is 0 Å². The van der Waals surface area contributed by atoms with Crippen molar-refractivity contribution in [2.75, 3.05) is 6.54 Å². The van der Waals surface area contributed by atoms with Gasteiger partial charge in [-0.05, 0) is 19.8 Å². The largest absolute Gasteiger partial charge is 0.313 e. The number of nitrogens with zero attached hydrogens (tertiary/aromatic N) is 1. The Bertz CT molecular complexity index is 124. The number of ketones is 1. The molecule has 0 radical (unpaired) electrons. The van der Waals surface area contributed by atoms with Gasteiger partial charge in [0.25, 0.3) is 0 Å². The molecule has 1 fully saturated rings. The predicted octanol–water partition coefficient (Wildman–Crippen LogP) is 0.429. The fourth-order valence-corrected chi connectivity index (χ4v) is 1.16. The molecule has 0 aliphatic carbocycles. The van der Waals surface area contributed by atoms with Crippen LogP contribution < -0.4 is 0 Å². The molecular weight excluding hydrogens is 118 g/mol. The molecule has 1 atom stereocenters. The number of carbonyl (C=O) groups is 1. The Morgan fingerprint density at radius 3 is 2.67 bits per heavy atom. The van der Waals surface area contributed by atoms with Crippen LogP contribution in [0.3, 0.4) is 0 Å². The van der Waals surface area contributed by atoms with Gasteiger partial charge in [-0.25, -0.2) is 0 Å². The second-order valence-electron chi connectivity index (χ2n) is 2.43. The third kappa shape index (κ3) is 1.28. The second-order valence-corrected chi connectivity index (χ2v) is 2.43. The zero-order valence-corrected chi connectivity index (χ0v) is 5.50. The van der Waals surface area contributed by atoms with E-state index < -0.39 is 0 Å². The number of hydroxylamine groups is 2. The number of rotatable bonds is 1. The van der Waals surface area contributed by atoms with Gasteiger partial charge in [0, 0.05) is 6.54 Å². The van der Waals surface area contributed by atoms with Gasteiger partial charge in [0.1, 0.15) is 5.78 Å². The van der Waals surface area contributed by atoms with Crippen LogP contribution in [0.5, 0.6) is 0 Å². The third-order valence-corrected chi connectivity index (χ3v) is 1.69. The van der Waals surface area contributed by atoms with Crippen LogP contribution >= 0.6 is 0 Å². The molecule has 0 unspecified atom stereocenters. The highest BCUT2D eigenvalue weighted by atomic mass is 16.5. The second kappa shape index (κ2) is 2.45. The Balaban J connectivity index is 2.49. The molecule has 0 aromatic carbocycles. The molecule has 1 aliphatic rings. The van der Waals surface area contributed by atoms with Crippen molar-refractivity contribution < 1.29 is 10.0 Å². The summed E-state index contributed by atoms with van der Waals surface area (Å²) in [5, 5.41) is 10.1. The van der Waals surface area contributed by atoms with Crippen molar-refractivity contribution in [1.82, 2.24) is 5.06 Å². The SMILES string of the molecule is CC(=O)[C@@H]1CCCN1O. The highest BCUT2D eigenvalue weighted by Crippen LogP contribution is 2.14. The lowest BCUT2D eigenvalue weighted by atomic mass is 10.2. The lowest BCUT2D eigenvalue weighted by molar-refractivity contribution is -0.141. The lowest BCUT2D eigenvalue weighted by Crippen LogP contribution is -2.31. The number of carbonyl (C=O) groups excluding carboxylic acids is 1. The maximum Gasteiger partial charge on any atom is 0.149 e. The summed E-state index contributed by atoms with van der Waals surface area (Å²) in [5.41, 5.74) is 0. The van der Waals surface area contributed by atoms with Crippen LogP contribution in [0.2, 0.25) is 0 Å². The first-order chi connectivity index (χ1) is 4.22. The van der Waals surface area contributed by atoms with E-state index in [1.807, 2.05) is 0 Å². The molecule has 0 amide bonds. The van der Waals surface area contributed by atoms with Crippen molar-refractivity contribution in [3.63, 3.8) is 0 Å². The summed E-state index contributed by atoms with van der Waals surface area (Å²) in [6, 6.07) is -0.218. The Hall–Kier alpha value is -0.410. The summed E-state index contributed by atoms with van der Waals surface area (Å²) >= 11 is 0. The quantitative estimate of drug-likeness (QED) is 0.558. The first kappa shape index (κ1) is 6.71. The van der Waals surface area contributed by atoms with Crippen LogP contribution in [-0.4, -0.2) is 28.6 Å². The molecule has 1 N–H and O–H groups in total. The Morgan fingerprint density at radius 1 is 1.78 bits per heavy atom. The van der Waals surface area contributed by atoms with Gasteiger partial charge in [0.15, 0.2) is 0 Å². The predicted molar refractivity (Wildman–Crippen MR) is 32.2 cm³/mol. The topological polar surface area (TPSA) is 40.5 Å². The van der Waals surface area contributed by atoms with Gasteiger partial charge >= 0.3 is 0 Å². The molecule has 3 nitrogen and oxygen atoms in total. The minimum Gasteiger partial charge on any atom is -0.313 e. The molecule has 0 saturated carbocycles. The fraction of sp³-hybridized carbons (Fsp3) is 0.833. The molecule has 3 heteroatoms. The van der Waals surface area contributed by atoms with E-state index in [-0.39, 0.29) is 11.8 Å². The maximum absolute atomic E-state index is 10.7. The number of hydrogen-bond acceptors (Lipinski definition) is 3. The average molecular weight is 129 g/mol. The lowest BCUT2D eigenvalue weighted by Gasteiger charge is -2.12. The molecule has 1 heterocycles. The van der Waals surface area contributed by atoms with Gasteiger partial charge in [-0.2, -0.15) is 5.06 Å². The van der Waals surface area contributed by atoms with Crippen molar-refractivity contribution in [2.45, 2.75) is 25.8 Å². The maximum atomic E-state index is 10.7. The Morgan fingerprint density at radius 2 is 2.44 bits per heavy atom. The van der Waals surface area contributed by atoms with Crippen molar-refractivity contribution >= 4 is 5.78 Å². The first-order valence-electron chi connectivity index (χ1n) is 3.18. The summed E-state index contributed by atoms with van der Waals surface area (Å²) < 4.78 is 0. The first-order valence-corrected chi connectivity index (χ1v) is 3.18. The molecule has 0 spiro atoms. The summed E-state index contributed by atoms with van der Waals surface area (Å²) in [6.07, 6.45) is 1.74. The van der Waals surface area contributed by atoms with Crippen molar-refractivity contribution in [2.24, 2.45) is 0 Å². The zero-order valence-electron chi connectivity index (χ0n) is 5.50. The number of Topliss-reactive ketones (excluding diaryl/α,β-unsaturated/α-hetero) is 1.